The number of benzene rings is 1. The van der Waals surface area contributed by atoms with Gasteiger partial charge in [-0.05, 0) is 24.5 Å². The number of hydrogen-bond donors (Lipinski definition) is 3. The van der Waals surface area contributed by atoms with E-state index in [4.69, 9.17) is 9.84 Å². The van der Waals surface area contributed by atoms with Gasteiger partial charge in [0.25, 0.3) is 5.56 Å². The highest BCUT2D eigenvalue weighted by Crippen LogP contribution is 2.35. The molecule has 0 atom stereocenters. The molecule has 0 fully saturated rings. The van der Waals surface area contributed by atoms with E-state index in [9.17, 15) is 9.59 Å². The summed E-state index contributed by atoms with van der Waals surface area (Å²) >= 11 is 1.41. The Morgan fingerprint density at radius 3 is 2.88 bits per heavy atom. The summed E-state index contributed by atoms with van der Waals surface area (Å²) in [6.07, 6.45) is 3.39. The Labute approximate surface area is 139 Å². The number of anilines is 1. The minimum atomic E-state index is -1.14. The van der Waals surface area contributed by atoms with E-state index in [1.807, 2.05) is 6.26 Å². The Hall–Kier alpha value is -3.07. The van der Waals surface area contributed by atoms with Crippen LogP contribution in [0.1, 0.15) is 0 Å². The Morgan fingerprint density at radius 1 is 1.29 bits per heavy atom. The van der Waals surface area contributed by atoms with Crippen molar-refractivity contribution in [3.63, 3.8) is 0 Å². The van der Waals surface area contributed by atoms with E-state index in [-0.39, 0.29) is 5.56 Å². The largest absolute Gasteiger partial charge is 0.465 e. The maximum absolute atomic E-state index is 11.3. The number of ether oxygens (including phenoxy) is 1. The quantitative estimate of drug-likeness (QED) is 0.623. The van der Waals surface area contributed by atoms with Gasteiger partial charge in [-0.2, -0.15) is 0 Å². The predicted molar refractivity (Wildman–Crippen MR) is 90.1 cm³/mol. The van der Waals surface area contributed by atoms with Crippen molar-refractivity contribution in [2.75, 3.05) is 11.6 Å². The van der Waals surface area contributed by atoms with Gasteiger partial charge in [-0.15, -0.1) is 11.8 Å². The molecule has 122 valence electrons. The molecule has 9 heteroatoms. The lowest BCUT2D eigenvalue weighted by Gasteiger charge is -2.12. The van der Waals surface area contributed by atoms with Crippen LogP contribution < -0.4 is 15.6 Å². The molecule has 1 amide bonds. The number of carbonyl (C=O) groups is 1. The molecule has 3 rings (SSSR count). The van der Waals surface area contributed by atoms with Gasteiger partial charge < -0.3 is 14.8 Å². The first-order chi connectivity index (χ1) is 11.6. The Balaban J connectivity index is 1.99. The van der Waals surface area contributed by atoms with Crippen LogP contribution in [-0.4, -0.2) is 32.4 Å². The number of carboxylic acid groups (broad SMARTS) is 1. The highest BCUT2D eigenvalue weighted by atomic mass is 32.2. The first kappa shape index (κ1) is 15.8. The topological polar surface area (TPSA) is 117 Å². The van der Waals surface area contributed by atoms with E-state index >= 15 is 0 Å². The van der Waals surface area contributed by atoms with Gasteiger partial charge in [0.2, 0.25) is 0 Å². The highest BCUT2D eigenvalue weighted by Gasteiger charge is 2.11. The number of amides is 1. The second-order valence-electron chi connectivity index (χ2n) is 4.65. The van der Waals surface area contributed by atoms with Gasteiger partial charge in [-0.1, -0.05) is 0 Å². The fourth-order valence-corrected chi connectivity index (χ4v) is 2.63. The summed E-state index contributed by atoms with van der Waals surface area (Å²) in [5.74, 6) is 0.976. The van der Waals surface area contributed by atoms with Crippen LogP contribution in [0.4, 0.5) is 10.5 Å². The Morgan fingerprint density at radius 2 is 2.12 bits per heavy atom. The first-order valence-corrected chi connectivity index (χ1v) is 7.99. The van der Waals surface area contributed by atoms with Gasteiger partial charge in [0.1, 0.15) is 11.3 Å². The Kier molecular flexibility index (Phi) is 4.34. The van der Waals surface area contributed by atoms with E-state index in [0.717, 1.165) is 11.1 Å². The van der Waals surface area contributed by atoms with Gasteiger partial charge in [0.15, 0.2) is 11.4 Å². The minimum Gasteiger partial charge on any atom is -0.465 e. The maximum Gasteiger partial charge on any atom is 0.409 e. The van der Waals surface area contributed by atoms with Crippen LogP contribution in [0, 0.1) is 0 Å². The van der Waals surface area contributed by atoms with Crippen LogP contribution in [0.15, 0.2) is 46.3 Å². The summed E-state index contributed by atoms with van der Waals surface area (Å²) in [7, 11) is 0. The van der Waals surface area contributed by atoms with Gasteiger partial charge in [0.05, 0.1) is 11.1 Å². The normalized spacial score (nSPS) is 10.5. The monoisotopic (exact) mass is 344 g/mol. The minimum absolute atomic E-state index is 0.329. The molecule has 24 heavy (non-hydrogen) atoms. The van der Waals surface area contributed by atoms with E-state index in [1.165, 1.54) is 18.0 Å². The van der Waals surface area contributed by atoms with Gasteiger partial charge >= 0.3 is 6.09 Å². The first-order valence-electron chi connectivity index (χ1n) is 6.76. The predicted octanol–water partition coefficient (Wildman–Crippen LogP) is 2.92. The zero-order valence-corrected chi connectivity index (χ0v) is 13.3. The average Bonchev–Trinajstić information content (AvgIpc) is 2.55. The number of H-pyrrole nitrogens is 1. The molecule has 0 aliphatic rings. The summed E-state index contributed by atoms with van der Waals surface area (Å²) < 4.78 is 5.89. The summed E-state index contributed by atoms with van der Waals surface area (Å²) in [4.78, 5) is 33.5. The number of rotatable bonds is 4. The van der Waals surface area contributed by atoms with Crippen LogP contribution >= 0.6 is 11.8 Å². The van der Waals surface area contributed by atoms with Gasteiger partial charge in [0, 0.05) is 18.0 Å². The molecule has 8 nitrogen and oxygen atoms in total. The van der Waals surface area contributed by atoms with Crippen molar-refractivity contribution in [1.82, 2.24) is 15.0 Å². The fourth-order valence-electron chi connectivity index (χ4n) is 2.08. The second-order valence-corrected chi connectivity index (χ2v) is 5.50. The molecule has 1 aromatic carbocycles. The molecule has 3 aromatic rings. The molecule has 0 unspecified atom stereocenters. The van der Waals surface area contributed by atoms with Crippen LogP contribution in [0.2, 0.25) is 0 Å². The second kappa shape index (κ2) is 6.59. The SMILES string of the molecule is CSc1cc(NC(=O)O)ccc1Oc1ccnc2[nH]c(=O)cnc12. The highest BCUT2D eigenvalue weighted by molar-refractivity contribution is 7.98. The molecule has 0 saturated heterocycles. The Bertz CT molecular complexity index is 973. The number of nitrogens with one attached hydrogen (secondary N) is 2. The van der Waals surface area contributed by atoms with E-state index in [2.05, 4.69) is 20.3 Å². The van der Waals surface area contributed by atoms with Crippen LogP contribution in [0.25, 0.3) is 11.2 Å². The molecule has 0 aliphatic heterocycles. The maximum atomic E-state index is 11.3. The van der Waals surface area contributed by atoms with Crippen molar-refractivity contribution in [3.05, 3.63) is 47.0 Å². The zero-order chi connectivity index (χ0) is 17.1. The van der Waals surface area contributed by atoms with Crippen molar-refractivity contribution < 1.29 is 14.6 Å². The van der Waals surface area contributed by atoms with Crippen LogP contribution in [0.3, 0.4) is 0 Å². The standard InChI is InChI=1S/C15H12N4O4S/c1-24-11-6-8(18-15(21)22)2-3-9(11)23-10-4-5-16-14-13(10)17-7-12(20)19-14/h2-7,18H,1H3,(H,21,22)(H,16,19,20). The number of aromatic amines is 1. The van der Waals surface area contributed by atoms with Crippen molar-refractivity contribution in [2.45, 2.75) is 4.90 Å². The van der Waals surface area contributed by atoms with Gasteiger partial charge in [-0.3, -0.25) is 10.1 Å². The molecule has 0 saturated carbocycles. The lowest BCUT2D eigenvalue weighted by molar-refractivity contribution is 0.209. The van der Waals surface area contributed by atoms with Crippen molar-refractivity contribution in [2.24, 2.45) is 0 Å². The van der Waals surface area contributed by atoms with Gasteiger partial charge in [-0.25, -0.2) is 14.8 Å². The molecule has 0 bridgehead atoms. The molecule has 2 aromatic heterocycles. The summed E-state index contributed by atoms with van der Waals surface area (Å²) in [6, 6.07) is 6.57. The summed E-state index contributed by atoms with van der Waals surface area (Å²) in [5.41, 5.74) is 0.856. The molecule has 2 heterocycles. The number of nitrogens with zero attached hydrogens (tertiary/aromatic N) is 2. The number of pyridine rings is 1. The van der Waals surface area contributed by atoms with Crippen molar-refractivity contribution in [3.8, 4) is 11.5 Å². The van der Waals surface area contributed by atoms with Crippen molar-refractivity contribution >= 4 is 34.7 Å². The van der Waals surface area contributed by atoms with E-state index in [1.54, 1.807) is 24.3 Å². The fraction of sp³-hybridized carbons (Fsp3) is 0.0667. The average molecular weight is 344 g/mol. The molecule has 0 radical (unpaired) electrons. The number of thioether (sulfide) groups is 1. The molecule has 3 N–H and O–H groups in total. The van der Waals surface area contributed by atoms with E-state index in [0.29, 0.717) is 28.4 Å². The zero-order valence-electron chi connectivity index (χ0n) is 12.4. The summed E-state index contributed by atoms with van der Waals surface area (Å²) in [6.45, 7) is 0. The molecule has 0 spiro atoms. The van der Waals surface area contributed by atoms with Crippen LogP contribution in [-0.2, 0) is 0 Å². The number of fused-ring (bicyclic) bond motifs is 1. The molecular formula is C15H12N4O4S. The third kappa shape index (κ3) is 3.30. The number of hydrogen-bond acceptors (Lipinski definition) is 6. The third-order valence-corrected chi connectivity index (χ3v) is 3.83. The lowest BCUT2D eigenvalue weighted by Crippen LogP contribution is -2.07. The van der Waals surface area contributed by atoms with Crippen molar-refractivity contribution in [1.29, 1.82) is 0 Å². The molecule has 0 aliphatic carbocycles. The summed E-state index contributed by atoms with van der Waals surface area (Å²) in [5, 5.41) is 11.1. The lowest BCUT2D eigenvalue weighted by atomic mass is 10.3. The third-order valence-electron chi connectivity index (χ3n) is 3.07. The smallest absolute Gasteiger partial charge is 0.409 e. The molecular weight excluding hydrogens is 332 g/mol. The van der Waals surface area contributed by atoms with E-state index < -0.39 is 6.09 Å². The van der Waals surface area contributed by atoms with Crippen LogP contribution in [0.5, 0.6) is 11.5 Å². The number of aromatic nitrogens is 3.